The summed E-state index contributed by atoms with van der Waals surface area (Å²) in [7, 11) is 0. The zero-order valence-electron chi connectivity index (χ0n) is 16.7. The van der Waals surface area contributed by atoms with Crippen LogP contribution in [0.2, 0.25) is 0 Å². The Bertz CT molecular complexity index is 1270. The zero-order valence-corrected chi connectivity index (χ0v) is 16.7. The molecule has 1 amide bonds. The molecule has 30 heavy (non-hydrogen) atoms. The molecule has 0 bridgehead atoms. The lowest BCUT2D eigenvalue weighted by molar-refractivity contribution is 0.0730. The van der Waals surface area contributed by atoms with Gasteiger partial charge in [0, 0.05) is 29.6 Å². The summed E-state index contributed by atoms with van der Waals surface area (Å²) in [5.41, 5.74) is 4.83. The maximum atomic E-state index is 13.5. The molecular formula is C25H21N3O2. The number of amides is 1. The topological polar surface area (TPSA) is 66.3 Å². The van der Waals surface area contributed by atoms with E-state index in [9.17, 15) is 9.90 Å². The van der Waals surface area contributed by atoms with E-state index in [0.29, 0.717) is 36.8 Å². The zero-order chi connectivity index (χ0) is 20.7. The molecule has 5 rings (SSSR count). The fourth-order valence-corrected chi connectivity index (χ4v) is 4.03. The van der Waals surface area contributed by atoms with E-state index in [4.69, 9.17) is 0 Å². The molecule has 0 fully saturated rings. The Kier molecular flexibility index (Phi) is 4.43. The van der Waals surface area contributed by atoms with E-state index in [2.05, 4.69) is 9.97 Å². The third-order valence-electron chi connectivity index (χ3n) is 5.70. The van der Waals surface area contributed by atoms with Crippen molar-refractivity contribution in [3.05, 3.63) is 89.1 Å². The molecule has 148 valence electrons. The molecule has 5 nitrogen and oxygen atoms in total. The quantitative estimate of drug-likeness (QED) is 0.542. The first-order chi connectivity index (χ1) is 14.6. The summed E-state index contributed by atoms with van der Waals surface area (Å²) in [6.45, 7) is 2.90. The number of hydrogen-bond donors (Lipinski definition) is 1. The highest BCUT2D eigenvalue weighted by Gasteiger charge is 2.26. The Morgan fingerprint density at radius 3 is 2.57 bits per heavy atom. The molecular weight excluding hydrogens is 374 g/mol. The van der Waals surface area contributed by atoms with Gasteiger partial charge in [-0.05, 0) is 30.5 Å². The molecule has 3 aromatic carbocycles. The van der Waals surface area contributed by atoms with Gasteiger partial charge >= 0.3 is 0 Å². The highest BCUT2D eigenvalue weighted by molar-refractivity contribution is 6.05. The number of fused-ring (bicyclic) bond motifs is 2. The molecule has 2 heterocycles. The molecule has 0 spiro atoms. The number of phenols is 1. The van der Waals surface area contributed by atoms with Crippen molar-refractivity contribution in [3.63, 3.8) is 0 Å². The summed E-state index contributed by atoms with van der Waals surface area (Å²) >= 11 is 0. The molecule has 1 N–H and O–H groups in total. The standard InChI is InChI=1S/C25H21N3O2/c1-16-11-12-18-15-28(14-13-19(18)23(16)29)25(30)22-20-9-5-6-10-21(20)26-24(27-22)17-7-3-2-4-8-17/h2-12,29H,13-15H2,1H3. The SMILES string of the molecule is Cc1ccc2c(c1O)CCN(C(=O)c1nc(-c3ccccc3)nc3ccccc13)C2. The first-order valence-electron chi connectivity index (χ1n) is 10.0. The molecule has 0 aliphatic carbocycles. The minimum absolute atomic E-state index is 0.114. The van der Waals surface area contributed by atoms with Crippen LogP contribution < -0.4 is 0 Å². The Balaban J connectivity index is 1.57. The Labute approximate surface area is 174 Å². The lowest BCUT2D eigenvalue weighted by atomic mass is 9.96. The number of aromatic nitrogens is 2. The number of hydrogen-bond acceptors (Lipinski definition) is 4. The maximum Gasteiger partial charge on any atom is 0.273 e. The number of nitrogens with zero attached hydrogens (tertiary/aromatic N) is 3. The number of benzene rings is 3. The van der Waals surface area contributed by atoms with Crippen molar-refractivity contribution in [2.75, 3.05) is 6.54 Å². The van der Waals surface area contributed by atoms with E-state index in [0.717, 1.165) is 33.2 Å². The minimum Gasteiger partial charge on any atom is -0.507 e. The van der Waals surface area contributed by atoms with E-state index in [1.54, 1.807) is 4.90 Å². The molecule has 0 unspecified atom stereocenters. The van der Waals surface area contributed by atoms with E-state index in [1.807, 2.05) is 73.7 Å². The maximum absolute atomic E-state index is 13.5. The van der Waals surface area contributed by atoms with Crippen LogP contribution in [0.5, 0.6) is 5.75 Å². The predicted octanol–water partition coefficient (Wildman–Crippen LogP) is 4.51. The average Bonchev–Trinajstić information content (AvgIpc) is 2.80. The van der Waals surface area contributed by atoms with Crippen LogP contribution in [-0.2, 0) is 13.0 Å². The molecule has 1 aromatic heterocycles. The van der Waals surface area contributed by atoms with Gasteiger partial charge in [0.1, 0.15) is 11.4 Å². The number of rotatable bonds is 2. The lowest BCUT2D eigenvalue weighted by Gasteiger charge is -2.29. The van der Waals surface area contributed by atoms with Crippen LogP contribution >= 0.6 is 0 Å². The number of aryl methyl sites for hydroxylation is 1. The van der Waals surface area contributed by atoms with E-state index in [-0.39, 0.29) is 5.91 Å². The molecule has 0 atom stereocenters. The van der Waals surface area contributed by atoms with E-state index < -0.39 is 0 Å². The van der Waals surface area contributed by atoms with Crippen LogP contribution in [0.4, 0.5) is 0 Å². The summed E-state index contributed by atoms with van der Waals surface area (Å²) in [5.74, 6) is 0.776. The second-order valence-corrected chi connectivity index (χ2v) is 7.62. The monoisotopic (exact) mass is 395 g/mol. The molecule has 1 aliphatic heterocycles. The number of phenolic OH excluding ortho intramolecular Hbond substituents is 1. The molecule has 0 saturated carbocycles. The van der Waals surface area contributed by atoms with Crippen molar-refractivity contribution < 1.29 is 9.90 Å². The number of carbonyl (C=O) groups excluding carboxylic acids is 1. The number of para-hydroxylation sites is 1. The van der Waals surface area contributed by atoms with Gasteiger partial charge in [-0.15, -0.1) is 0 Å². The smallest absolute Gasteiger partial charge is 0.273 e. The van der Waals surface area contributed by atoms with Gasteiger partial charge < -0.3 is 10.0 Å². The second-order valence-electron chi connectivity index (χ2n) is 7.62. The van der Waals surface area contributed by atoms with Gasteiger partial charge in [0.15, 0.2) is 5.82 Å². The minimum atomic E-state index is -0.114. The third kappa shape index (κ3) is 3.08. The van der Waals surface area contributed by atoms with Gasteiger partial charge in [-0.2, -0.15) is 0 Å². The number of carbonyl (C=O) groups is 1. The molecule has 5 heteroatoms. The predicted molar refractivity (Wildman–Crippen MR) is 116 cm³/mol. The molecule has 0 saturated heterocycles. The summed E-state index contributed by atoms with van der Waals surface area (Å²) in [5, 5.41) is 11.1. The van der Waals surface area contributed by atoms with Crippen LogP contribution in [0.25, 0.3) is 22.3 Å². The van der Waals surface area contributed by atoms with Crippen LogP contribution in [0.3, 0.4) is 0 Å². The summed E-state index contributed by atoms with van der Waals surface area (Å²) in [6, 6.07) is 21.2. The highest BCUT2D eigenvalue weighted by atomic mass is 16.3. The van der Waals surface area contributed by atoms with E-state index in [1.165, 1.54) is 0 Å². The van der Waals surface area contributed by atoms with Crippen LogP contribution in [-0.4, -0.2) is 32.4 Å². The van der Waals surface area contributed by atoms with Crippen LogP contribution in [0, 0.1) is 6.92 Å². The Hall–Kier alpha value is -3.73. The molecule has 0 radical (unpaired) electrons. The fourth-order valence-electron chi connectivity index (χ4n) is 4.03. The summed E-state index contributed by atoms with van der Waals surface area (Å²) < 4.78 is 0. The normalized spacial score (nSPS) is 13.3. The van der Waals surface area contributed by atoms with E-state index >= 15 is 0 Å². The van der Waals surface area contributed by atoms with Gasteiger partial charge in [-0.1, -0.05) is 60.7 Å². The molecule has 4 aromatic rings. The molecule has 1 aliphatic rings. The van der Waals surface area contributed by atoms with Crippen molar-refractivity contribution in [2.24, 2.45) is 0 Å². The van der Waals surface area contributed by atoms with Crippen LogP contribution in [0.1, 0.15) is 27.2 Å². The van der Waals surface area contributed by atoms with Gasteiger partial charge in [-0.3, -0.25) is 4.79 Å². The van der Waals surface area contributed by atoms with Crippen LogP contribution in [0.15, 0.2) is 66.7 Å². The van der Waals surface area contributed by atoms with Gasteiger partial charge in [0.05, 0.1) is 5.52 Å². The van der Waals surface area contributed by atoms with Gasteiger partial charge in [0.25, 0.3) is 5.91 Å². The van der Waals surface area contributed by atoms with Gasteiger partial charge in [-0.25, -0.2) is 9.97 Å². The van der Waals surface area contributed by atoms with Crippen molar-refractivity contribution in [1.82, 2.24) is 14.9 Å². The first-order valence-corrected chi connectivity index (χ1v) is 10.0. The highest BCUT2D eigenvalue weighted by Crippen LogP contribution is 2.31. The average molecular weight is 395 g/mol. The van der Waals surface area contributed by atoms with Crippen molar-refractivity contribution in [1.29, 1.82) is 0 Å². The second kappa shape index (κ2) is 7.26. The Morgan fingerprint density at radius 2 is 1.73 bits per heavy atom. The Morgan fingerprint density at radius 1 is 0.967 bits per heavy atom. The van der Waals surface area contributed by atoms with Crippen molar-refractivity contribution in [2.45, 2.75) is 19.9 Å². The fraction of sp³-hybridized carbons (Fsp3) is 0.160. The third-order valence-corrected chi connectivity index (χ3v) is 5.70. The summed E-state index contributed by atoms with van der Waals surface area (Å²) in [6.07, 6.45) is 0.628. The van der Waals surface area contributed by atoms with Crippen molar-refractivity contribution >= 4 is 16.8 Å². The number of aromatic hydroxyl groups is 1. The summed E-state index contributed by atoms with van der Waals surface area (Å²) in [4.78, 5) is 24.7. The lowest BCUT2D eigenvalue weighted by Crippen LogP contribution is -2.36. The van der Waals surface area contributed by atoms with Crippen molar-refractivity contribution in [3.8, 4) is 17.1 Å². The first kappa shape index (κ1) is 18.3. The largest absolute Gasteiger partial charge is 0.507 e. The van der Waals surface area contributed by atoms with Gasteiger partial charge in [0.2, 0.25) is 0 Å².